The lowest BCUT2D eigenvalue weighted by Gasteiger charge is -2.22. The molecule has 1 N–H and O–H groups in total. The van der Waals surface area contributed by atoms with Gasteiger partial charge in [-0.1, -0.05) is 37.7 Å². The van der Waals surface area contributed by atoms with Gasteiger partial charge in [0.05, 0.1) is 11.1 Å². The Balaban J connectivity index is 2.36. The van der Waals surface area contributed by atoms with Crippen molar-refractivity contribution in [3.05, 3.63) is 58.0 Å². The molecule has 2 aromatic rings. The van der Waals surface area contributed by atoms with Crippen LogP contribution in [0.3, 0.4) is 0 Å². The number of anilines is 1. The first-order chi connectivity index (χ1) is 14.3. The van der Waals surface area contributed by atoms with Crippen molar-refractivity contribution >= 4 is 29.3 Å². The Kier molecular flexibility index (Phi) is 8.58. The van der Waals surface area contributed by atoms with Gasteiger partial charge in [0.1, 0.15) is 5.69 Å². The summed E-state index contributed by atoms with van der Waals surface area (Å²) in [6.07, 6.45) is 3.01. The average Bonchev–Trinajstić information content (AvgIpc) is 2.70. The molecular formula is C21H25F2N3O3S. The predicted octanol–water partition coefficient (Wildman–Crippen LogP) is 4.21. The maximum atomic E-state index is 12.9. The van der Waals surface area contributed by atoms with E-state index in [0.29, 0.717) is 13.1 Å². The zero-order valence-corrected chi connectivity index (χ0v) is 18.0. The van der Waals surface area contributed by atoms with E-state index in [1.807, 2.05) is 13.8 Å². The monoisotopic (exact) mass is 437 g/mol. The number of benzene rings is 1. The number of aromatic nitrogens is 1. The fourth-order valence-electron chi connectivity index (χ4n) is 3.00. The van der Waals surface area contributed by atoms with Crippen LogP contribution in [0.2, 0.25) is 0 Å². The molecule has 0 aliphatic rings. The Morgan fingerprint density at radius 3 is 2.40 bits per heavy atom. The second kappa shape index (κ2) is 10.9. The van der Waals surface area contributed by atoms with E-state index >= 15 is 0 Å². The molecule has 9 heteroatoms. The van der Waals surface area contributed by atoms with Crippen molar-refractivity contribution in [1.82, 2.24) is 9.47 Å². The van der Waals surface area contributed by atoms with E-state index in [9.17, 15) is 23.2 Å². The Labute approximate surface area is 178 Å². The number of halogens is 2. The standard InChI is InChI=1S/C21H25F2N3O3S/c1-4-10-26(11-5-2)19(28)14-12-16(20(29)25(3)13-14)24-18(27)15-8-6-7-9-17(15)30-21(22)23/h6-9,12-13,21H,4-5,10-11H2,1-3H3,(H,24,27). The van der Waals surface area contributed by atoms with E-state index in [2.05, 4.69) is 5.32 Å². The Hall–Kier alpha value is -2.68. The van der Waals surface area contributed by atoms with Gasteiger partial charge >= 0.3 is 0 Å². The Morgan fingerprint density at radius 2 is 1.80 bits per heavy atom. The summed E-state index contributed by atoms with van der Waals surface area (Å²) in [7, 11) is 1.49. The minimum atomic E-state index is -2.68. The molecule has 0 aliphatic carbocycles. The van der Waals surface area contributed by atoms with Gasteiger partial charge in [0.2, 0.25) is 0 Å². The summed E-state index contributed by atoms with van der Waals surface area (Å²) in [4.78, 5) is 39.9. The Morgan fingerprint density at radius 1 is 1.17 bits per heavy atom. The lowest BCUT2D eigenvalue weighted by atomic mass is 10.2. The molecule has 2 rings (SSSR count). The molecule has 0 saturated heterocycles. The topological polar surface area (TPSA) is 71.4 Å². The quantitative estimate of drug-likeness (QED) is 0.597. The number of carbonyl (C=O) groups is 2. The van der Waals surface area contributed by atoms with Crippen molar-refractivity contribution in [1.29, 1.82) is 0 Å². The molecule has 0 bridgehead atoms. The molecule has 6 nitrogen and oxygen atoms in total. The first kappa shape index (κ1) is 23.6. The van der Waals surface area contributed by atoms with Crippen LogP contribution in [0.25, 0.3) is 0 Å². The van der Waals surface area contributed by atoms with E-state index in [-0.39, 0.29) is 39.4 Å². The third-order valence-corrected chi connectivity index (χ3v) is 5.09. The van der Waals surface area contributed by atoms with E-state index in [1.165, 1.54) is 36.0 Å². The van der Waals surface area contributed by atoms with Gasteiger partial charge in [-0.2, -0.15) is 8.78 Å². The van der Waals surface area contributed by atoms with E-state index in [1.54, 1.807) is 17.0 Å². The highest BCUT2D eigenvalue weighted by Crippen LogP contribution is 2.28. The SMILES string of the molecule is CCCN(CCC)C(=O)c1cc(NC(=O)c2ccccc2SC(F)F)c(=O)n(C)c1. The molecule has 0 saturated carbocycles. The molecule has 0 radical (unpaired) electrons. The van der Waals surface area contributed by atoms with Crippen LogP contribution in [0, 0.1) is 0 Å². The minimum absolute atomic E-state index is 0.0279. The predicted molar refractivity (Wildman–Crippen MR) is 114 cm³/mol. The molecule has 0 aliphatic heterocycles. The molecular weight excluding hydrogens is 412 g/mol. The fraction of sp³-hybridized carbons (Fsp3) is 0.381. The number of thioether (sulfide) groups is 1. The second-order valence-corrected chi connectivity index (χ2v) is 7.71. The zero-order chi connectivity index (χ0) is 22.3. The summed E-state index contributed by atoms with van der Waals surface area (Å²) in [5, 5.41) is 2.48. The number of nitrogens with one attached hydrogen (secondary N) is 1. The van der Waals surface area contributed by atoms with Crippen molar-refractivity contribution in [3.8, 4) is 0 Å². The molecule has 162 valence electrons. The number of alkyl halides is 2. The van der Waals surface area contributed by atoms with Crippen LogP contribution in [0.4, 0.5) is 14.5 Å². The van der Waals surface area contributed by atoms with Crippen LogP contribution in [0.15, 0.2) is 46.2 Å². The Bertz CT molecular complexity index is 957. The largest absolute Gasteiger partial charge is 0.339 e. The lowest BCUT2D eigenvalue weighted by molar-refractivity contribution is 0.0754. The highest BCUT2D eigenvalue weighted by atomic mass is 32.2. The number of pyridine rings is 1. The first-order valence-electron chi connectivity index (χ1n) is 9.63. The van der Waals surface area contributed by atoms with Gasteiger partial charge in [0, 0.05) is 31.2 Å². The van der Waals surface area contributed by atoms with Crippen molar-refractivity contribution < 1.29 is 18.4 Å². The highest BCUT2D eigenvalue weighted by molar-refractivity contribution is 7.99. The maximum Gasteiger partial charge on any atom is 0.288 e. The molecule has 0 atom stereocenters. The van der Waals surface area contributed by atoms with E-state index in [0.717, 1.165) is 12.8 Å². The summed E-state index contributed by atoms with van der Waals surface area (Å²) < 4.78 is 26.8. The second-order valence-electron chi connectivity index (χ2n) is 6.68. The lowest BCUT2D eigenvalue weighted by Crippen LogP contribution is -2.34. The number of hydrogen-bond donors (Lipinski definition) is 1. The van der Waals surface area contributed by atoms with Crippen molar-refractivity contribution in [2.45, 2.75) is 37.3 Å². The van der Waals surface area contributed by atoms with Crippen LogP contribution >= 0.6 is 11.8 Å². The number of aryl methyl sites for hydroxylation is 1. The minimum Gasteiger partial charge on any atom is -0.339 e. The van der Waals surface area contributed by atoms with Crippen LogP contribution in [0.1, 0.15) is 47.4 Å². The molecule has 1 heterocycles. The fourth-order valence-corrected chi connectivity index (χ4v) is 3.63. The van der Waals surface area contributed by atoms with Gasteiger partial charge in [0.25, 0.3) is 23.1 Å². The smallest absolute Gasteiger partial charge is 0.288 e. The number of amides is 2. The number of hydrogen-bond acceptors (Lipinski definition) is 4. The summed E-state index contributed by atoms with van der Waals surface area (Å²) in [6, 6.07) is 7.26. The van der Waals surface area contributed by atoms with Crippen LogP contribution in [0.5, 0.6) is 0 Å². The van der Waals surface area contributed by atoms with Gasteiger partial charge in [0.15, 0.2) is 0 Å². The average molecular weight is 438 g/mol. The van der Waals surface area contributed by atoms with Crippen LogP contribution in [-0.4, -0.2) is 40.1 Å². The van der Waals surface area contributed by atoms with E-state index < -0.39 is 17.2 Å². The van der Waals surface area contributed by atoms with Crippen molar-refractivity contribution in [3.63, 3.8) is 0 Å². The highest BCUT2D eigenvalue weighted by Gasteiger charge is 2.20. The van der Waals surface area contributed by atoms with Crippen LogP contribution < -0.4 is 10.9 Å². The van der Waals surface area contributed by atoms with E-state index in [4.69, 9.17) is 0 Å². The summed E-state index contributed by atoms with van der Waals surface area (Å²) >= 11 is 0.256. The zero-order valence-electron chi connectivity index (χ0n) is 17.2. The molecule has 0 unspecified atom stereocenters. The molecule has 30 heavy (non-hydrogen) atoms. The number of carbonyl (C=O) groups excluding carboxylic acids is 2. The summed E-state index contributed by atoms with van der Waals surface area (Å²) in [5.41, 5.74) is -0.292. The summed E-state index contributed by atoms with van der Waals surface area (Å²) in [5.74, 6) is -3.62. The maximum absolute atomic E-state index is 12.9. The van der Waals surface area contributed by atoms with Crippen LogP contribution in [-0.2, 0) is 7.05 Å². The summed E-state index contributed by atoms with van der Waals surface area (Å²) in [6.45, 7) is 5.10. The molecule has 0 spiro atoms. The van der Waals surface area contributed by atoms with Gasteiger partial charge in [-0.05, 0) is 31.0 Å². The molecule has 1 aromatic carbocycles. The number of rotatable bonds is 9. The molecule has 2 amide bonds. The van der Waals surface area contributed by atoms with Gasteiger partial charge in [-0.25, -0.2) is 0 Å². The molecule has 0 fully saturated rings. The number of nitrogens with zero attached hydrogens (tertiary/aromatic N) is 2. The van der Waals surface area contributed by atoms with Crippen molar-refractivity contribution in [2.75, 3.05) is 18.4 Å². The third-order valence-electron chi connectivity index (χ3n) is 4.30. The molecule has 1 aromatic heterocycles. The van der Waals surface area contributed by atoms with Crippen molar-refractivity contribution in [2.24, 2.45) is 7.05 Å². The normalized spacial score (nSPS) is 10.9. The van der Waals surface area contributed by atoms with Gasteiger partial charge < -0.3 is 14.8 Å². The first-order valence-corrected chi connectivity index (χ1v) is 10.5. The third kappa shape index (κ3) is 5.91. The van der Waals surface area contributed by atoms with Gasteiger partial charge in [-0.3, -0.25) is 14.4 Å². The van der Waals surface area contributed by atoms with Gasteiger partial charge in [-0.15, -0.1) is 0 Å².